The van der Waals surface area contributed by atoms with Gasteiger partial charge in [0.15, 0.2) is 12.2 Å². The summed E-state index contributed by atoms with van der Waals surface area (Å²) in [5.41, 5.74) is 0. The number of aliphatic hydroxyl groups is 1. The van der Waals surface area contributed by atoms with Crippen LogP contribution < -0.4 is 0 Å². The van der Waals surface area contributed by atoms with Crippen LogP contribution in [0.2, 0.25) is 0 Å². The highest BCUT2D eigenvalue weighted by molar-refractivity contribution is 7.47. The van der Waals surface area contributed by atoms with Crippen molar-refractivity contribution < 1.29 is 80.2 Å². The molecule has 0 bridgehead atoms. The van der Waals surface area contributed by atoms with Gasteiger partial charge in [-0.05, 0) is 154 Å². The second-order valence-corrected chi connectivity index (χ2v) is 28.8. The minimum atomic E-state index is -5.01. The van der Waals surface area contributed by atoms with Crippen molar-refractivity contribution in [3.05, 3.63) is 182 Å². The van der Waals surface area contributed by atoms with Crippen LogP contribution in [0.1, 0.15) is 285 Å². The molecule has 0 aromatic heterocycles. The summed E-state index contributed by atoms with van der Waals surface area (Å²) >= 11 is 0. The fraction of sp³-hybridized carbons (Fsp3) is 0.609. The van der Waals surface area contributed by atoms with Gasteiger partial charge < -0.3 is 33.8 Å². The maximum atomic E-state index is 13.1. The first-order valence-electron chi connectivity index (χ1n) is 40.0. The molecule has 0 aromatic rings. The van der Waals surface area contributed by atoms with E-state index in [1.54, 1.807) is 0 Å². The van der Waals surface area contributed by atoms with Gasteiger partial charge in [0, 0.05) is 25.7 Å². The van der Waals surface area contributed by atoms with Crippen LogP contribution in [-0.4, -0.2) is 96.7 Å². The summed E-state index contributed by atoms with van der Waals surface area (Å²) in [4.78, 5) is 73.0. The monoisotopic (exact) mass is 1520 g/mol. The molecule has 0 aliphatic heterocycles. The molecular weight excluding hydrogens is 1380 g/mol. The highest BCUT2D eigenvalue weighted by Crippen LogP contribution is 2.45. The number of allylic oxidation sites excluding steroid dienone is 30. The topological polar surface area (TPSA) is 237 Å². The number of carbonyl (C=O) groups excluding carboxylic acids is 4. The van der Waals surface area contributed by atoms with Crippen LogP contribution in [0.15, 0.2) is 182 Å². The number of esters is 4. The molecule has 19 heteroatoms. The fourth-order valence-electron chi connectivity index (χ4n) is 9.90. The molecule has 106 heavy (non-hydrogen) atoms. The summed E-state index contributed by atoms with van der Waals surface area (Å²) < 4.78 is 68.5. The van der Waals surface area contributed by atoms with Crippen LogP contribution in [0.5, 0.6) is 0 Å². The van der Waals surface area contributed by atoms with Gasteiger partial charge in [-0.15, -0.1) is 0 Å². The van der Waals surface area contributed by atoms with E-state index in [4.69, 9.17) is 37.0 Å². The molecule has 0 aromatic carbocycles. The van der Waals surface area contributed by atoms with Crippen molar-refractivity contribution in [1.82, 2.24) is 0 Å². The van der Waals surface area contributed by atoms with Gasteiger partial charge >= 0.3 is 39.5 Å². The smallest absolute Gasteiger partial charge is 0.462 e. The Labute approximate surface area is 641 Å². The standard InChI is InChI=1S/C87H140O17P2/c1-5-9-13-17-21-25-29-32-35-38-40-43-45-48-52-55-59-63-67-71-84(89)97-77-82(103-86(91)73-69-65-61-57-51-28-24-20-16-12-8-4)79-101-105(93,94)99-75-81(88)76-100-106(95,96)102-80-83(104-87(92)74-70-66-62-58-54-50-47-42-37-34-31-27-23-19-15-11-7-3)78-98-85(90)72-68-64-60-56-53-49-46-44-41-39-36-33-30-26-22-18-14-10-6-2/h9-11,13-15,21-23,25-27,32-37,40-41,43-44,47-50,52-53,58,62,81-83,88H,5-8,12,16-20,24,28-31,38-39,42,45-46,51,54-57,59-61,63-80H2,1-4H3,(H,93,94)(H,95,96)/b13-9-,14-10-,15-11-,25-21-,26-22-,27-23-,35-32-,36-33-,37-34-,43-40-,44-41-,50-47-,52-48-,53-49-,62-58-. The van der Waals surface area contributed by atoms with E-state index < -0.39 is 97.5 Å². The zero-order chi connectivity index (χ0) is 77.4. The fourth-order valence-corrected chi connectivity index (χ4v) is 11.5. The lowest BCUT2D eigenvalue weighted by Crippen LogP contribution is -2.30. The molecule has 3 N–H and O–H groups in total. The number of aliphatic hydroxyl groups excluding tert-OH is 1. The summed E-state index contributed by atoms with van der Waals surface area (Å²) in [6.07, 6.45) is 93.1. The highest BCUT2D eigenvalue weighted by Gasteiger charge is 2.30. The Morgan fingerprint density at radius 3 is 0.792 bits per heavy atom. The van der Waals surface area contributed by atoms with Gasteiger partial charge in [0.05, 0.1) is 26.4 Å². The molecule has 0 rings (SSSR count). The zero-order valence-electron chi connectivity index (χ0n) is 65.5. The van der Waals surface area contributed by atoms with Gasteiger partial charge in [-0.3, -0.25) is 37.3 Å². The van der Waals surface area contributed by atoms with Crippen LogP contribution in [0, 0.1) is 0 Å². The van der Waals surface area contributed by atoms with E-state index in [0.29, 0.717) is 32.1 Å². The van der Waals surface area contributed by atoms with Gasteiger partial charge in [-0.25, -0.2) is 9.13 Å². The lowest BCUT2D eigenvalue weighted by Gasteiger charge is -2.21. The van der Waals surface area contributed by atoms with Gasteiger partial charge in [0.1, 0.15) is 19.3 Å². The van der Waals surface area contributed by atoms with Crippen molar-refractivity contribution in [1.29, 1.82) is 0 Å². The van der Waals surface area contributed by atoms with Crippen molar-refractivity contribution in [3.63, 3.8) is 0 Å². The first kappa shape index (κ1) is 100. The number of rotatable bonds is 73. The van der Waals surface area contributed by atoms with E-state index in [1.165, 1.54) is 38.5 Å². The van der Waals surface area contributed by atoms with E-state index in [-0.39, 0.29) is 25.7 Å². The predicted octanol–water partition coefficient (Wildman–Crippen LogP) is 23.6. The maximum Gasteiger partial charge on any atom is 0.472 e. The third-order valence-corrected chi connectivity index (χ3v) is 17.8. The number of carbonyl (C=O) groups is 4. The Balaban J connectivity index is 5.46. The third-order valence-electron chi connectivity index (χ3n) is 15.9. The molecule has 0 aliphatic carbocycles. The maximum absolute atomic E-state index is 13.1. The molecule has 600 valence electrons. The summed E-state index contributed by atoms with van der Waals surface area (Å²) in [7, 11) is -10.0. The van der Waals surface area contributed by atoms with E-state index in [2.05, 4.69) is 198 Å². The number of unbranched alkanes of at least 4 members (excludes halogenated alkanes) is 17. The Bertz CT molecular complexity index is 2730. The molecule has 0 amide bonds. The molecule has 5 unspecified atom stereocenters. The van der Waals surface area contributed by atoms with Crippen molar-refractivity contribution in [3.8, 4) is 0 Å². The van der Waals surface area contributed by atoms with Crippen molar-refractivity contribution in [2.45, 2.75) is 303 Å². The van der Waals surface area contributed by atoms with Crippen LogP contribution in [0.3, 0.4) is 0 Å². The summed E-state index contributed by atoms with van der Waals surface area (Å²) in [6.45, 7) is 4.36. The van der Waals surface area contributed by atoms with Crippen molar-refractivity contribution >= 4 is 39.5 Å². The largest absolute Gasteiger partial charge is 0.472 e. The minimum Gasteiger partial charge on any atom is -0.462 e. The molecule has 17 nitrogen and oxygen atoms in total. The third kappa shape index (κ3) is 76.4. The van der Waals surface area contributed by atoms with Crippen molar-refractivity contribution in [2.75, 3.05) is 39.6 Å². The van der Waals surface area contributed by atoms with Gasteiger partial charge in [0.25, 0.3) is 0 Å². The highest BCUT2D eigenvalue weighted by atomic mass is 31.2. The molecule has 5 atom stereocenters. The average molecular weight is 1520 g/mol. The SMILES string of the molecule is CC/C=C\C/C=C\C/C=C\C/C=C\C/C=C\CCCCCC(=O)OCC(COP(=O)(O)OCC(O)COP(=O)(O)OCC(COC(=O)CCCCC/C=C\C/C=C\C/C=C\C/C=C\C/C=C\CC)OC(=O)CCCCCCCCCCCCC)OC(=O)CCC/C=C\C/C=C\C/C=C\C/C=C\C/C=C\CC. The van der Waals surface area contributed by atoms with Crippen LogP contribution in [0.4, 0.5) is 0 Å². The Hall–Kier alpha value is -5.84. The molecule has 0 saturated carbocycles. The lowest BCUT2D eigenvalue weighted by atomic mass is 10.1. The van der Waals surface area contributed by atoms with E-state index in [9.17, 15) is 43.2 Å². The molecule has 0 spiro atoms. The van der Waals surface area contributed by atoms with Crippen LogP contribution in [-0.2, 0) is 65.4 Å². The van der Waals surface area contributed by atoms with E-state index >= 15 is 0 Å². The molecule has 0 fully saturated rings. The Morgan fingerprint density at radius 1 is 0.274 bits per heavy atom. The summed E-state index contributed by atoms with van der Waals surface area (Å²) in [6, 6.07) is 0. The molecule has 0 aliphatic rings. The van der Waals surface area contributed by atoms with Gasteiger partial charge in [-0.2, -0.15) is 0 Å². The molecule has 0 radical (unpaired) electrons. The number of phosphoric ester groups is 2. The predicted molar refractivity (Wildman–Crippen MR) is 436 cm³/mol. The summed E-state index contributed by atoms with van der Waals surface area (Å²) in [5, 5.41) is 10.6. The van der Waals surface area contributed by atoms with Gasteiger partial charge in [0.2, 0.25) is 0 Å². The zero-order valence-corrected chi connectivity index (χ0v) is 67.3. The number of phosphoric acid groups is 2. The van der Waals surface area contributed by atoms with Crippen molar-refractivity contribution in [2.24, 2.45) is 0 Å². The minimum absolute atomic E-state index is 0.00158. The molecular formula is C87H140O17P2. The number of hydrogen-bond acceptors (Lipinski definition) is 15. The van der Waals surface area contributed by atoms with Crippen LogP contribution in [0.25, 0.3) is 0 Å². The second-order valence-electron chi connectivity index (χ2n) is 25.9. The Kier molecular flexibility index (Phi) is 73.1. The van der Waals surface area contributed by atoms with Gasteiger partial charge in [-0.1, -0.05) is 287 Å². The average Bonchev–Trinajstić information content (AvgIpc) is 0.919. The molecule has 0 heterocycles. The second kappa shape index (κ2) is 77.3. The normalized spacial score (nSPS) is 14.8. The van der Waals surface area contributed by atoms with E-state index in [0.717, 1.165) is 161 Å². The Morgan fingerprint density at radius 2 is 0.500 bits per heavy atom. The lowest BCUT2D eigenvalue weighted by molar-refractivity contribution is -0.161. The molecule has 0 saturated heterocycles. The number of hydrogen-bond donors (Lipinski definition) is 3. The summed E-state index contributed by atoms with van der Waals surface area (Å²) in [5.74, 6) is -2.33. The quantitative estimate of drug-likeness (QED) is 0.0169. The number of ether oxygens (including phenoxy) is 4. The first-order valence-corrected chi connectivity index (χ1v) is 43.0. The van der Waals surface area contributed by atoms with Crippen LogP contribution >= 0.6 is 15.6 Å². The van der Waals surface area contributed by atoms with E-state index in [1.807, 2.05) is 12.2 Å². The first-order chi connectivity index (χ1) is 51.7.